The first-order valence-electron chi connectivity index (χ1n) is 10.2. The van der Waals surface area contributed by atoms with E-state index < -0.39 is 0 Å². The summed E-state index contributed by atoms with van der Waals surface area (Å²) in [6.07, 6.45) is 3.49. The molecule has 0 amide bonds. The van der Waals surface area contributed by atoms with Crippen LogP contribution in [-0.2, 0) is 13.1 Å². The fraction of sp³-hybridized carbons (Fsp3) is 0.261. The summed E-state index contributed by atoms with van der Waals surface area (Å²) in [6, 6.07) is 12.9. The van der Waals surface area contributed by atoms with Gasteiger partial charge in [-0.2, -0.15) is 0 Å². The molecule has 8 heteroatoms. The molecule has 5 nitrogen and oxygen atoms in total. The minimum Gasteiger partial charge on any atom is -0.296 e. The van der Waals surface area contributed by atoms with E-state index in [-0.39, 0.29) is 5.82 Å². The first-order valence-corrected chi connectivity index (χ1v) is 11.9. The predicted molar refractivity (Wildman–Crippen MR) is 123 cm³/mol. The molecule has 1 aliphatic rings. The number of thiophene rings is 1. The van der Waals surface area contributed by atoms with E-state index in [4.69, 9.17) is 4.98 Å². The van der Waals surface area contributed by atoms with Crippen LogP contribution in [0.5, 0.6) is 0 Å². The Morgan fingerprint density at radius 3 is 2.45 bits per heavy atom. The minimum atomic E-state index is -0.188. The fourth-order valence-electron chi connectivity index (χ4n) is 3.71. The summed E-state index contributed by atoms with van der Waals surface area (Å²) < 4.78 is 13.5. The molecule has 0 radical (unpaired) electrons. The van der Waals surface area contributed by atoms with E-state index >= 15 is 0 Å². The number of hydrogen-bond donors (Lipinski definition) is 0. The molecule has 0 bridgehead atoms. The molecule has 5 rings (SSSR count). The molecule has 3 aromatic heterocycles. The largest absolute Gasteiger partial charge is 0.296 e. The zero-order chi connectivity index (χ0) is 21.0. The van der Waals surface area contributed by atoms with Crippen molar-refractivity contribution < 1.29 is 4.39 Å². The van der Waals surface area contributed by atoms with Crippen LogP contribution in [0.15, 0.2) is 60.2 Å². The van der Waals surface area contributed by atoms with Gasteiger partial charge in [-0.3, -0.25) is 9.80 Å². The molecule has 4 heterocycles. The van der Waals surface area contributed by atoms with Crippen molar-refractivity contribution in [2.45, 2.75) is 13.1 Å². The van der Waals surface area contributed by atoms with Crippen molar-refractivity contribution in [1.29, 1.82) is 0 Å². The van der Waals surface area contributed by atoms with Gasteiger partial charge in [-0.05, 0) is 35.9 Å². The second-order valence-electron chi connectivity index (χ2n) is 7.54. The monoisotopic (exact) mass is 451 g/mol. The number of piperazine rings is 1. The summed E-state index contributed by atoms with van der Waals surface area (Å²) in [5, 5.41) is 2.98. The summed E-state index contributed by atoms with van der Waals surface area (Å²) in [5.41, 5.74) is 2.03. The summed E-state index contributed by atoms with van der Waals surface area (Å²) in [5.74, 6) is 0.504. The summed E-state index contributed by atoms with van der Waals surface area (Å²) >= 11 is 3.35. The SMILES string of the molecule is Fc1cccc(-c2ccc(CN3CCN(Cc4csc(-c5ncccn5)n4)CC3)s2)c1. The van der Waals surface area contributed by atoms with Crippen molar-refractivity contribution in [3.05, 3.63) is 76.6 Å². The molecular formula is C23H22FN5S2. The Balaban J connectivity index is 1.13. The maximum Gasteiger partial charge on any atom is 0.188 e. The number of halogens is 1. The highest BCUT2D eigenvalue weighted by molar-refractivity contribution is 7.15. The molecular weight excluding hydrogens is 429 g/mol. The van der Waals surface area contributed by atoms with Gasteiger partial charge in [0.05, 0.1) is 5.69 Å². The van der Waals surface area contributed by atoms with Crippen LogP contribution in [0, 0.1) is 5.82 Å². The fourth-order valence-corrected chi connectivity index (χ4v) is 5.51. The standard InChI is InChI=1S/C23H22FN5S2/c24-18-4-1-3-17(13-18)21-6-5-20(31-21)15-29-11-9-28(10-12-29)14-19-16-30-23(27-19)22-25-7-2-8-26-22/h1-8,13,16H,9-12,14-15H2. The van der Waals surface area contributed by atoms with E-state index in [2.05, 4.69) is 37.3 Å². The maximum atomic E-state index is 13.5. The van der Waals surface area contributed by atoms with Crippen LogP contribution in [0.1, 0.15) is 10.6 Å². The lowest BCUT2D eigenvalue weighted by Crippen LogP contribution is -2.45. The van der Waals surface area contributed by atoms with Gasteiger partial charge in [-0.1, -0.05) is 12.1 Å². The summed E-state index contributed by atoms with van der Waals surface area (Å²) in [6.45, 7) is 5.92. The third kappa shape index (κ3) is 5.04. The molecule has 31 heavy (non-hydrogen) atoms. The number of rotatable bonds is 6. The van der Waals surface area contributed by atoms with Gasteiger partial charge >= 0.3 is 0 Å². The van der Waals surface area contributed by atoms with E-state index in [0.29, 0.717) is 5.82 Å². The zero-order valence-electron chi connectivity index (χ0n) is 16.9. The number of nitrogens with zero attached hydrogens (tertiary/aromatic N) is 5. The lowest BCUT2D eigenvalue weighted by molar-refractivity contribution is 0.122. The molecule has 0 saturated carbocycles. The van der Waals surface area contributed by atoms with E-state index in [0.717, 1.165) is 60.4 Å². The van der Waals surface area contributed by atoms with Gasteiger partial charge in [0.2, 0.25) is 0 Å². The summed E-state index contributed by atoms with van der Waals surface area (Å²) in [4.78, 5) is 20.7. The highest BCUT2D eigenvalue weighted by Crippen LogP contribution is 2.29. The van der Waals surface area contributed by atoms with Crippen LogP contribution < -0.4 is 0 Å². The molecule has 4 aromatic rings. The third-order valence-corrected chi connectivity index (χ3v) is 7.32. The highest BCUT2D eigenvalue weighted by Gasteiger charge is 2.19. The van der Waals surface area contributed by atoms with Crippen molar-refractivity contribution in [2.24, 2.45) is 0 Å². The first kappa shape index (κ1) is 20.4. The van der Waals surface area contributed by atoms with Gasteiger partial charge in [0.1, 0.15) is 5.82 Å². The van der Waals surface area contributed by atoms with Gasteiger partial charge < -0.3 is 0 Å². The van der Waals surface area contributed by atoms with Crippen molar-refractivity contribution in [1.82, 2.24) is 24.8 Å². The van der Waals surface area contributed by atoms with Crippen LogP contribution >= 0.6 is 22.7 Å². The Hall–Kier alpha value is -2.52. The van der Waals surface area contributed by atoms with Gasteiger partial charge in [0, 0.05) is 66.8 Å². The zero-order valence-corrected chi connectivity index (χ0v) is 18.6. The van der Waals surface area contributed by atoms with Crippen LogP contribution in [-0.4, -0.2) is 50.9 Å². The molecule has 0 spiro atoms. The Labute approximate surface area is 188 Å². The molecule has 158 valence electrons. The van der Waals surface area contributed by atoms with Crippen LogP contribution in [0.3, 0.4) is 0 Å². The molecule has 0 N–H and O–H groups in total. The molecule has 0 aliphatic carbocycles. The van der Waals surface area contributed by atoms with Crippen molar-refractivity contribution >= 4 is 22.7 Å². The number of thiazole rings is 1. The Bertz CT molecular complexity index is 1140. The lowest BCUT2D eigenvalue weighted by Gasteiger charge is -2.34. The topological polar surface area (TPSA) is 45.2 Å². The van der Waals surface area contributed by atoms with E-state index in [1.807, 2.05) is 12.1 Å². The molecule has 1 saturated heterocycles. The lowest BCUT2D eigenvalue weighted by atomic mass is 10.2. The maximum absolute atomic E-state index is 13.5. The average molecular weight is 452 g/mol. The van der Waals surface area contributed by atoms with Gasteiger partial charge in [0.15, 0.2) is 10.8 Å². The van der Waals surface area contributed by atoms with E-state index in [1.54, 1.807) is 47.2 Å². The number of benzene rings is 1. The highest BCUT2D eigenvalue weighted by atomic mass is 32.1. The number of hydrogen-bond acceptors (Lipinski definition) is 7. The molecule has 0 atom stereocenters. The van der Waals surface area contributed by atoms with Gasteiger partial charge in [-0.15, -0.1) is 22.7 Å². The van der Waals surface area contributed by atoms with Gasteiger partial charge in [0.25, 0.3) is 0 Å². The molecule has 1 aliphatic heterocycles. The Morgan fingerprint density at radius 1 is 0.903 bits per heavy atom. The van der Waals surface area contributed by atoms with E-state index in [9.17, 15) is 4.39 Å². The van der Waals surface area contributed by atoms with Crippen molar-refractivity contribution in [2.75, 3.05) is 26.2 Å². The Kier molecular flexibility index (Phi) is 6.13. The minimum absolute atomic E-state index is 0.188. The van der Waals surface area contributed by atoms with Crippen LogP contribution in [0.2, 0.25) is 0 Å². The number of aromatic nitrogens is 3. The predicted octanol–water partition coefficient (Wildman–Crippen LogP) is 4.79. The van der Waals surface area contributed by atoms with Gasteiger partial charge in [-0.25, -0.2) is 19.3 Å². The Morgan fingerprint density at radius 2 is 1.68 bits per heavy atom. The van der Waals surface area contributed by atoms with E-state index in [1.165, 1.54) is 10.9 Å². The summed E-state index contributed by atoms with van der Waals surface area (Å²) in [7, 11) is 0. The van der Waals surface area contributed by atoms with Crippen molar-refractivity contribution in [3.63, 3.8) is 0 Å². The first-order chi connectivity index (χ1) is 15.2. The average Bonchev–Trinajstić information content (AvgIpc) is 3.46. The van der Waals surface area contributed by atoms with Crippen LogP contribution in [0.25, 0.3) is 21.3 Å². The molecule has 0 unspecified atom stereocenters. The third-order valence-electron chi connectivity index (χ3n) is 5.31. The quantitative estimate of drug-likeness (QED) is 0.422. The molecule has 1 fully saturated rings. The van der Waals surface area contributed by atoms with Crippen LogP contribution in [0.4, 0.5) is 4.39 Å². The second-order valence-corrected chi connectivity index (χ2v) is 9.57. The normalized spacial score (nSPS) is 15.4. The second kappa shape index (κ2) is 9.32. The molecule has 1 aromatic carbocycles. The van der Waals surface area contributed by atoms with Crippen molar-refractivity contribution in [3.8, 4) is 21.3 Å². The smallest absolute Gasteiger partial charge is 0.188 e.